The molecule has 150 valence electrons. The quantitative estimate of drug-likeness (QED) is 0.612. The first-order valence-corrected chi connectivity index (χ1v) is 10.5. The molecule has 0 fully saturated rings. The van der Waals surface area contributed by atoms with Gasteiger partial charge in [0.05, 0.1) is 4.90 Å². The summed E-state index contributed by atoms with van der Waals surface area (Å²) in [5.41, 5.74) is 1.87. The van der Waals surface area contributed by atoms with Crippen LogP contribution in [0.5, 0.6) is 0 Å². The summed E-state index contributed by atoms with van der Waals surface area (Å²) in [6, 6.07) is 20.5. The van der Waals surface area contributed by atoms with Crippen LogP contribution in [0.4, 0.5) is 10.1 Å². The molecular formula is C22H21FN2O3S. The number of hydrogen-bond acceptors (Lipinski definition) is 3. The Morgan fingerprint density at radius 3 is 2.17 bits per heavy atom. The number of carbonyl (C=O) groups is 1. The highest BCUT2D eigenvalue weighted by Crippen LogP contribution is 2.18. The van der Waals surface area contributed by atoms with Crippen LogP contribution in [0.3, 0.4) is 0 Å². The molecule has 0 radical (unpaired) electrons. The van der Waals surface area contributed by atoms with E-state index in [1.165, 1.54) is 24.3 Å². The maximum absolute atomic E-state index is 13.0. The van der Waals surface area contributed by atoms with Crippen LogP contribution >= 0.6 is 0 Å². The molecule has 0 spiro atoms. The molecule has 0 saturated carbocycles. The lowest BCUT2D eigenvalue weighted by Crippen LogP contribution is -2.27. The normalized spacial score (nSPS) is 12.2. The second-order valence-corrected chi connectivity index (χ2v) is 8.34. The molecule has 1 unspecified atom stereocenters. The summed E-state index contributed by atoms with van der Waals surface area (Å²) in [6.45, 7) is 2.52. The van der Waals surface area contributed by atoms with Gasteiger partial charge in [-0.25, -0.2) is 12.8 Å². The van der Waals surface area contributed by atoms with E-state index >= 15 is 0 Å². The molecule has 7 heteroatoms. The number of nitrogens with one attached hydrogen (secondary N) is 2. The molecule has 0 aliphatic rings. The number of hydrogen-bond donors (Lipinski definition) is 2. The van der Waals surface area contributed by atoms with Crippen molar-refractivity contribution in [3.8, 4) is 0 Å². The number of sulfonamides is 1. The maximum atomic E-state index is 13.0. The molecular weight excluding hydrogens is 391 g/mol. The zero-order valence-electron chi connectivity index (χ0n) is 15.8. The Labute approximate surface area is 169 Å². The van der Waals surface area contributed by atoms with Crippen molar-refractivity contribution in [3.05, 3.63) is 95.8 Å². The molecule has 0 aromatic heterocycles. The number of halogens is 1. The van der Waals surface area contributed by atoms with Crippen molar-refractivity contribution in [1.82, 2.24) is 5.32 Å². The van der Waals surface area contributed by atoms with E-state index in [2.05, 4.69) is 10.0 Å². The summed E-state index contributed by atoms with van der Waals surface area (Å²) < 4.78 is 40.0. The minimum Gasteiger partial charge on any atom is -0.351 e. The monoisotopic (exact) mass is 412 g/mol. The average molecular weight is 412 g/mol. The molecule has 2 N–H and O–H groups in total. The van der Waals surface area contributed by atoms with Crippen molar-refractivity contribution in [2.75, 3.05) is 11.3 Å². The maximum Gasteiger partial charge on any atom is 0.261 e. The van der Waals surface area contributed by atoms with Crippen LogP contribution < -0.4 is 10.0 Å². The zero-order chi connectivity index (χ0) is 20.9. The first kappa shape index (κ1) is 20.5. The molecule has 0 aliphatic heterocycles. The van der Waals surface area contributed by atoms with E-state index in [9.17, 15) is 17.6 Å². The number of benzene rings is 3. The summed E-state index contributed by atoms with van der Waals surface area (Å²) in [7, 11) is -3.83. The van der Waals surface area contributed by atoms with E-state index in [1.807, 2.05) is 37.3 Å². The Morgan fingerprint density at radius 1 is 0.931 bits per heavy atom. The highest BCUT2D eigenvalue weighted by molar-refractivity contribution is 7.92. The van der Waals surface area contributed by atoms with Gasteiger partial charge >= 0.3 is 0 Å². The largest absolute Gasteiger partial charge is 0.351 e. The van der Waals surface area contributed by atoms with E-state index in [-0.39, 0.29) is 16.7 Å². The van der Waals surface area contributed by atoms with E-state index in [1.54, 1.807) is 12.1 Å². The van der Waals surface area contributed by atoms with Crippen molar-refractivity contribution in [2.45, 2.75) is 17.7 Å². The SMILES string of the molecule is CC(CNC(=O)c1ccc(NS(=O)(=O)c2ccc(F)cc2)cc1)c1ccccc1. The molecule has 29 heavy (non-hydrogen) atoms. The summed E-state index contributed by atoms with van der Waals surface area (Å²) >= 11 is 0. The van der Waals surface area contributed by atoms with Gasteiger partial charge in [0.25, 0.3) is 15.9 Å². The number of rotatable bonds is 7. The second-order valence-electron chi connectivity index (χ2n) is 6.66. The fraction of sp³-hybridized carbons (Fsp3) is 0.136. The Bertz CT molecular complexity index is 1070. The van der Waals surface area contributed by atoms with Crippen LogP contribution in [-0.4, -0.2) is 20.9 Å². The van der Waals surface area contributed by atoms with E-state index in [4.69, 9.17) is 0 Å². The van der Waals surface area contributed by atoms with Gasteiger partial charge in [0, 0.05) is 17.8 Å². The highest BCUT2D eigenvalue weighted by atomic mass is 32.2. The van der Waals surface area contributed by atoms with Crippen molar-refractivity contribution in [2.24, 2.45) is 0 Å². The molecule has 0 aliphatic carbocycles. The highest BCUT2D eigenvalue weighted by Gasteiger charge is 2.15. The molecule has 1 amide bonds. The van der Waals surface area contributed by atoms with Crippen molar-refractivity contribution in [1.29, 1.82) is 0 Å². The van der Waals surface area contributed by atoms with Crippen molar-refractivity contribution in [3.63, 3.8) is 0 Å². The van der Waals surface area contributed by atoms with Gasteiger partial charge in [-0.15, -0.1) is 0 Å². The van der Waals surface area contributed by atoms with Gasteiger partial charge in [0.15, 0.2) is 0 Å². The molecule has 0 heterocycles. The fourth-order valence-corrected chi connectivity index (χ4v) is 3.82. The smallest absolute Gasteiger partial charge is 0.261 e. The van der Waals surface area contributed by atoms with E-state index in [0.717, 1.165) is 17.7 Å². The summed E-state index contributed by atoms with van der Waals surface area (Å²) in [4.78, 5) is 12.3. The molecule has 3 aromatic rings. The first-order chi connectivity index (χ1) is 13.8. The Hall–Kier alpha value is -3.19. The first-order valence-electron chi connectivity index (χ1n) is 9.07. The van der Waals surface area contributed by atoms with Gasteiger partial charge < -0.3 is 5.32 Å². The molecule has 5 nitrogen and oxygen atoms in total. The molecule has 3 aromatic carbocycles. The average Bonchev–Trinajstić information content (AvgIpc) is 2.73. The van der Waals surface area contributed by atoms with Crippen molar-refractivity contribution >= 4 is 21.6 Å². The Balaban J connectivity index is 1.60. The number of carbonyl (C=O) groups excluding carboxylic acids is 1. The van der Waals surface area contributed by atoms with Gasteiger partial charge in [-0.1, -0.05) is 37.3 Å². The molecule has 0 saturated heterocycles. The van der Waals surface area contributed by atoms with E-state index in [0.29, 0.717) is 17.8 Å². The molecule has 0 bridgehead atoms. The van der Waals surface area contributed by atoms with Gasteiger partial charge in [0.2, 0.25) is 0 Å². The molecule has 3 rings (SSSR count). The van der Waals surface area contributed by atoms with E-state index < -0.39 is 15.8 Å². The lowest BCUT2D eigenvalue weighted by atomic mass is 10.0. The van der Waals surface area contributed by atoms with Gasteiger partial charge in [-0.05, 0) is 60.0 Å². The predicted octanol–water partition coefficient (Wildman–Crippen LogP) is 4.16. The third kappa shape index (κ3) is 5.42. The number of anilines is 1. The number of amides is 1. The fourth-order valence-electron chi connectivity index (χ4n) is 2.76. The third-order valence-corrected chi connectivity index (χ3v) is 5.86. The summed E-state index contributed by atoms with van der Waals surface area (Å²) in [5.74, 6) is -0.580. The van der Waals surface area contributed by atoms with Gasteiger partial charge in [-0.3, -0.25) is 9.52 Å². The Kier molecular flexibility index (Phi) is 6.29. The predicted molar refractivity (Wildman–Crippen MR) is 111 cm³/mol. The van der Waals surface area contributed by atoms with Crippen LogP contribution in [0.2, 0.25) is 0 Å². The minimum atomic E-state index is -3.83. The standard InChI is InChI=1S/C22H21FN2O3S/c1-16(17-5-3-2-4-6-17)15-24-22(26)18-7-11-20(12-8-18)25-29(27,28)21-13-9-19(23)10-14-21/h2-14,16,25H,15H2,1H3,(H,24,26). The second kappa shape index (κ2) is 8.87. The lowest BCUT2D eigenvalue weighted by molar-refractivity contribution is 0.0951. The third-order valence-electron chi connectivity index (χ3n) is 4.46. The topological polar surface area (TPSA) is 75.3 Å². The molecule has 1 atom stereocenters. The van der Waals surface area contributed by atoms with Gasteiger partial charge in [-0.2, -0.15) is 0 Å². The van der Waals surface area contributed by atoms with Crippen LogP contribution in [0.25, 0.3) is 0 Å². The summed E-state index contributed by atoms with van der Waals surface area (Å²) in [5, 5.41) is 2.88. The van der Waals surface area contributed by atoms with Crippen molar-refractivity contribution < 1.29 is 17.6 Å². The lowest BCUT2D eigenvalue weighted by Gasteiger charge is -2.13. The van der Waals surface area contributed by atoms with Crippen LogP contribution in [0.1, 0.15) is 28.8 Å². The Morgan fingerprint density at radius 2 is 1.55 bits per heavy atom. The van der Waals surface area contributed by atoms with Crippen LogP contribution in [0, 0.1) is 5.82 Å². The zero-order valence-corrected chi connectivity index (χ0v) is 16.6. The minimum absolute atomic E-state index is 0.0457. The van der Waals surface area contributed by atoms with Crippen LogP contribution in [-0.2, 0) is 10.0 Å². The van der Waals surface area contributed by atoms with Crippen LogP contribution in [0.15, 0.2) is 83.8 Å². The summed E-state index contributed by atoms with van der Waals surface area (Å²) in [6.07, 6.45) is 0. The van der Waals surface area contributed by atoms with Gasteiger partial charge in [0.1, 0.15) is 5.82 Å².